The molecule has 118 valence electrons. The maximum absolute atomic E-state index is 12.6. The largest absolute Gasteiger partial charge is 0.390 e. The van der Waals surface area contributed by atoms with E-state index < -0.39 is 12.2 Å². The van der Waals surface area contributed by atoms with Crippen LogP contribution < -0.4 is 0 Å². The Kier molecular flexibility index (Phi) is 5.88. The highest BCUT2D eigenvalue weighted by Gasteiger charge is 2.23. The summed E-state index contributed by atoms with van der Waals surface area (Å²) in [7, 11) is 0. The minimum atomic E-state index is -1.23. The molecule has 0 saturated heterocycles. The molecule has 0 radical (unpaired) electrons. The predicted octanol–water partition coefficient (Wildman–Crippen LogP) is 3.01. The molecule has 23 heavy (non-hydrogen) atoms. The van der Waals surface area contributed by atoms with Crippen LogP contribution in [0.4, 0.5) is 0 Å². The van der Waals surface area contributed by atoms with Crippen molar-refractivity contribution >= 4 is 5.78 Å². The van der Waals surface area contributed by atoms with E-state index in [9.17, 15) is 15.0 Å². The van der Waals surface area contributed by atoms with Crippen LogP contribution >= 0.6 is 0 Å². The Morgan fingerprint density at radius 1 is 1.09 bits per heavy atom. The van der Waals surface area contributed by atoms with Gasteiger partial charge in [-0.2, -0.15) is 0 Å². The predicted molar refractivity (Wildman–Crippen MR) is 85.9 cm³/mol. The van der Waals surface area contributed by atoms with Gasteiger partial charge in [-0.3, -0.25) is 4.79 Å². The van der Waals surface area contributed by atoms with Crippen molar-refractivity contribution in [2.24, 2.45) is 5.11 Å². The van der Waals surface area contributed by atoms with Gasteiger partial charge >= 0.3 is 0 Å². The summed E-state index contributed by atoms with van der Waals surface area (Å²) in [6, 6.07) is 15.4. The van der Waals surface area contributed by atoms with E-state index in [4.69, 9.17) is 5.53 Å². The third-order valence-electron chi connectivity index (χ3n) is 3.51. The summed E-state index contributed by atoms with van der Waals surface area (Å²) in [5.41, 5.74) is 9.46. The molecule has 0 aromatic heterocycles. The highest BCUT2D eigenvalue weighted by atomic mass is 16.3. The van der Waals surface area contributed by atoms with Gasteiger partial charge in [-0.05, 0) is 17.5 Å². The Labute approximate surface area is 133 Å². The fraction of sp³-hybridized carbons (Fsp3) is 0.235. The topological polar surface area (TPSA) is 106 Å². The molecular formula is C17H17N3O3. The fourth-order valence-electron chi connectivity index (χ4n) is 2.31. The second-order valence-electron chi connectivity index (χ2n) is 5.04. The Morgan fingerprint density at radius 2 is 1.74 bits per heavy atom. The lowest BCUT2D eigenvalue weighted by Gasteiger charge is -2.20. The van der Waals surface area contributed by atoms with Gasteiger partial charge in [-0.15, -0.1) is 0 Å². The maximum Gasteiger partial charge on any atom is 0.193 e. The van der Waals surface area contributed by atoms with Crippen molar-refractivity contribution in [2.45, 2.75) is 18.6 Å². The monoisotopic (exact) mass is 311 g/mol. The number of rotatable bonds is 7. The van der Waals surface area contributed by atoms with Gasteiger partial charge in [0.1, 0.15) is 6.10 Å². The number of hydrogen-bond donors (Lipinski definition) is 2. The zero-order chi connectivity index (χ0) is 16.7. The first-order valence-corrected chi connectivity index (χ1v) is 7.21. The van der Waals surface area contributed by atoms with Gasteiger partial charge in [-0.1, -0.05) is 59.7 Å². The van der Waals surface area contributed by atoms with Crippen LogP contribution in [-0.4, -0.2) is 28.6 Å². The van der Waals surface area contributed by atoms with Crippen LogP contribution in [0.25, 0.3) is 10.4 Å². The zero-order valence-corrected chi connectivity index (χ0v) is 12.4. The molecule has 0 heterocycles. The molecule has 0 spiro atoms. The van der Waals surface area contributed by atoms with Gasteiger partial charge in [0.05, 0.1) is 6.10 Å². The molecule has 6 heteroatoms. The number of hydrogen-bond acceptors (Lipinski definition) is 4. The van der Waals surface area contributed by atoms with Crippen LogP contribution in [0.1, 0.15) is 34.0 Å². The van der Waals surface area contributed by atoms with Gasteiger partial charge < -0.3 is 10.2 Å². The van der Waals surface area contributed by atoms with Crippen LogP contribution in [0.5, 0.6) is 0 Å². The average molecular weight is 311 g/mol. The number of nitrogens with zero attached hydrogens (tertiary/aromatic N) is 3. The molecule has 2 N–H and O–H groups in total. The lowest BCUT2D eigenvalue weighted by atomic mass is 9.92. The lowest BCUT2D eigenvalue weighted by molar-refractivity contribution is 0.0146. The first kappa shape index (κ1) is 16.7. The van der Waals surface area contributed by atoms with Crippen LogP contribution in [0.3, 0.4) is 0 Å². The number of aliphatic hydroxyl groups is 2. The highest BCUT2D eigenvalue weighted by molar-refractivity contribution is 6.09. The maximum atomic E-state index is 12.6. The van der Waals surface area contributed by atoms with Crippen molar-refractivity contribution in [1.82, 2.24) is 0 Å². The summed E-state index contributed by atoms with van der Waals surface area (Å²) in [4.78, 5) is 15.2. The smallest absolute Gasteiger partial charge is 0.193 e. The Morgan fingerprint density at radius 3 is 2.43 bits per heavy atom. The van der Waals surface area contributed by atoms with E-state index in [-0.39, 0.29) is 18.7 Å². The van der Waals surface area contributed by atoms with E-state index in [1.54, 1.807) is 48.5 Å². The summed E-state index contributed by atoms with van der Waals surface area (Å²) in [5.74, 6) is -0.220. The van der Waals surface area contributed by atoms with Gasteiger partial charge in [0.25, 0.3) is 0 Å². The molecular weight excluding hydrogens is 294 g/mol. The second kappa shape index (κ2) is 8.10. The summed E-state index contributed by atoms with van der Waals surface area (Å²) in [6.07, 6.45) is -2.24. The normalized spacial score (nSPS) is 13.0. The van der Waals surface area contributed by atoms with Crippen molar-refractivity contribution in [1.29, 1.82) is 0 Å². The minimum Gasteiger partial charge on any atom is -0.390 e. The molecule has 0 bridgehead atoms. The molecule has 2 rings (SSSR count). The molecule has 0 fully saturated rings. The Bertz CT molecular complexity index is 712. The van der Waals surface area contributed by atoms with Crippen LogP contribution in [-0.2, 0) is 0 Å². The molecule has 6 nitrogen and oxygen atoms in total. The quantitative estimate of drug-likeness (QED) is 0.355. The van der Waals surface area contributed by atoms with Crippen molar-refractivity contribution in [3.63, 3.8) is 0 Å². The summed E-state index contributed by atoms with van der Waals surface area (Å²) >= 11 is 0. The SMILES string of the molecule is [N-]=[N+]=NCCC(O)C(O)c1ccccc1C(=O)c1ccccc1. The zero-order valence-electron chi connectivity index (χ0n) is 12.4. The third-order valence-corrected chi connectivity index (χ3v) is 3.51. The van der Waals surface area contributed by atoms with Gasteiger partial charge in [0.2, 0.25) is 0 Å². The van der Waals surface area contributed by atoms with E-state index >= 15 is 0 Å². The van der Waals surface area contributed by atoms with Crippen molar-refractivity contribution < 1.29 is 15.0 Å². The summed E-state index contributed by atoms with van der Waals surface area (Å²) < 4.78 is 0. The molecule has 0 aliphatic heterocycles. The second-order valence-corrected chi connectivity index (χ2v) is 5.04. The molecule has 0 amide bonds. The molecule has 2 unspecified atom stereocenters. The molecule has 0 aliphatic carbocycles. The molecule has 0 aliphatic rings. The van der Waals surface area contributed by atoms with E-state index in [2.05, 4.69) is 10.0 Å². The number of aliphatic hydroxyl groups excluding tert-OH is 2. The van der Waals surface area contributed by atoms with E-state index in [0.29, 0.717) is 16.7 Å². The molecule has 0 saturated carbocycles. The van der Waals surface area contributed by atoms with E-state index in [1.165, 1.54) is 0 Å². The number of ketones is 1. The molecule has 2 atom stereocenters. The Balaban J connectivity index is 2.26. The lowest BCUT2D eigenvalue weighted by Crippen LogP contribution is -2.21. The average Bonchev–Trinajstić information content (AvgIpc) is 2.61. The van der Waals surface area contributed by atoms with Crippen LogP contribution in [0.2, 0.25) is 0 Å². The third kappa shape index (κ3) is 4.17. The number of azide groups is 1. The summed E-state index contributed by atoms with van der Waals surface area (Å²) in [6.45, 7) is 0.0729. The van der Waals surface area contributed by atoms with E-state index in [0.717, 1.165) is 0 Å². The molecule has 2 aromatic rings. The number of benzene rings is 2. The fourth-order valence-corrected chi connectivity index (χ4v) is 2.31. The van der Waals surface area contributed by atoms with Crippen LogP contribution in [0, 0.1) is 0 Å². The number of carbonyl (C=O) groups excluding carboxylic acids is 1. The van der Waals surface area contributed by atoms with Crippen molar-refractivity contribution in [3.05, 3.63) is 81.7 Å². The van der Waals surface area contributed by atoms with Gasteiger partial charge in [-0.25, -0.2) is 0 Å². The van der Waals surface area contributed by atoms with Gasteiger partial charge in [0.15, 0.2) is 5.78 Å². The summed E-state index contributed by atoms with van der Waals surface area (Å²) in [5, 5.41) is 23.7. The Hall–Kier alpha value is -2.66. The van der Waals surface area contributed by atoms with Crippen molar-refractivity contribution in [3.8, 4) is 0 Å². The molecule has 2 aromatic carbocycles. The first-order valence-electron chi connectivity index (χ1n) is 7.21. The first-order chi connectivity index (χ1) is 11.1. The van der Waals surface area contributed by atoms with Crippen LogP contribution in [0.15, 0.2) is 59.7 Å². The minimum absolute atomic E-state index is 0.0729. The number of carbonyl (C=O) groups is 1. The van der Waals surface area contributed by atoms with Gasteiger partial charge in [0, 0.05) is 22.6 Å². The highest BCUT2D eigenvalue weighted by Crippen LogP contribution is 2.25. The van der Waals surface area contributed by atoms with Crippen molar-refractivity contribution in [2.75, 3.05) is 6.54 Å². The van der Waals surface area contributed by atoms with E-state index in [1.807, 2.05) is 6.07 Å². The standard InChI is InChI=1S/C17H17N3O3/c18-20-19-11-10-15(21)17(23)14-9-5-4-8-13(14)16(22)12-6-2-1-3-7-12/h1-9,15,17,21,23H,10-11H2.